The van der Waals surface area contributed by atoms with Crippen LogP contribution in [0.2, 0.25) is 0 Å². The van der Waals surface area contributed by atoms with Crippen molar-refractivity contribution in [2.75, 3.05) is 0 Å². The van der Waals surface area contributed by atoms with Crippen molar-refractivity contribution in [3.63, 3.8) is 0 Å². The number of hydrogen-bond acceptors (Lipinski definition) is 0. The SMILES string of the molecule is C1=C[C]([Mo]([C]2=CC=C2)[C]2=CC=C2)=C1. The van der Waals surface area contributed by atoms with E-state index in [1.165, 1.54) is 0 Å². The van der Waals surface area contributed by atoms with Crippen LogP contribution in [-0.2, 0) is 17.3 Å². The molecule has 0 aromatic rings. The van der Waals surface area contributed by atoms with Crippen LogP contribution in [0.25, 0.3) is 0 Å². The van der Waals surface area contributed by atoms with Crippen LogP contribution < -0.4 is 0 Å². The second kappa shape index (κ2) is 2.82. The molecule has 0 heterocycles. The fraction of sp³-hybridized carbons (Fsp3) is 0. The minimum atomic E-state index is -1.26. The Balaban J connectivity index is 1.88. The predicted octanol–water partition coefficient (Wildman–Crippen LogP) is 2.97. The molecule has 3 aliphatic rings. The maximum absolute atomic E-state index is 2.27. The third-order valence-corrected chi connectivity index (χ3v) is 7.75. The molecule has 0 radical (unpaired) electrons. The molecule has 0 aliphatic heterocycles. The number of hydrogen-bond donors (Lipinski definition) is 0. The van der Waals surface area contributed by atoms with E-state index in [9.17, 15) is 0 Å². The van der Waals surface area contributed by atoms with Crippen molar-refractivity contribution in [3.8, 4) is 0 Å². The van der Waals surface area contributed by atoms with Gasteiger partial charge in [-0.25, -0.2) is 0 Å². The topological polar surface area (TPSA) is 0 Å². The van der Waals surface area contributed by atoms with E-state index >= 15 is 0 Å². The summed E-state index contributed by atoms with van der Waals surface area (Å²) in [5.74, 6) is 0. The first-order valence-electron chi connectivity index (χ1n) is 4.34. The summed E-state index contributed by atoms with van der Waals surface area (Å²) in [6.45, 7) is 0. The number of allylic oxidation sites excluding steroid dienone is 12. The third kappa shape index (κ3) is 1.09. The molecular formula is C12H9Mo. The van der Waals surface area contributed by atoms with Gasteiger partial charge in [-0.15, -0.1) is 0 Å². The molecular weight excluding hydrogens is 240 g/mol. The Kier molecular flexibility index (Phi) is 1.63. The summed E-state index contributed by atoms with van der Waals surface area (Å²) >= 11 is -1.26. The van der Waals surface area contributed by atoms with Gasteiger partial charge in [-0.3, -0.25) is 0 Å². The van der Waals surface area contributed by atoms with Crippen molar-refractivity contribution in [3.05, 3.63) is 66.6 Å². The van der Waals surface area contributed by atoms with Gasteiger partial charge in [0.15, 0.2) is 0 Å². The molecule has 3 aliphatic carbocycles. The van der Waals surface area contributed by atoms with Crippen LogP contribution in [0, 0.1) is 0 Å². The average Bonchev–Trinajstić information content (AvgIpc) is 1.73. The summed E-state index contributed by atoms with van der Waals surface area (Å²) in [6.07, 6.45) is 20.1. The van der Waals surface area contributed by atoms with E-state index in [-0.39, 0.29) is 0 Å². The van der Waals surface area contributed by atoms with E-state index in [1.54, 1.807) is 11.9 Å². The van der Waals surface area contributed by atoms with Crippen LogP contribution in [0.1, 0.15) is 0 Å². The van der Waals surface area contributed by atoms with Gasteiger partial charge in [0.25, 0.3) is 0 Å². The van der Waals surface area contributed by atoms with Gasteiger partial charge < -0.3 is 0 Å². The van der Waals surface area contributed by atoms with Crippen LogP contribution >= 0.6 is 0 Å². The summed E-state index contributed by atoms with van der Waals surface area (Å²) in [4.78, 5) is 0. The fourth-order valence-electron chi connectivity index (χ4n) is 1.34. The molecule has 0 fully saturated rings. The van der Waals surface area contributed by atoms with E-state index in [0.717, 1.165) is 0 Å². The second-order valence-electron chi connectivity index (χ2n) is 3.09. The molecule has 0 nitrogen and oxygen atoms in total. The molecule has 0 aromatic carbocycles. The maximum atomic E-state index is 2.27. The standard InChI is InChI=1S/3C4H3.Mo/c3*1-2-4-3-1;/h3*1-3H;. The average molecular weight is 249 g/mol. The summed E-state index contributed by atoms with van der Waals surface area (Å²) in [5, 5.41) is 0. The molecule has 3 rings (SSSR count). The van der Waals surface area contributed by atoms with Crippen molar-refractivity contribution >= 4 is 0 Å². The zero-order valence-corrected chi connectivity index (χ0v) is 9.11. The second-order valence-corrected chi connectivity index (χ2v) is 8.07. The van der Waals surface area contributed by atoms with Crippen LogP contribution in [0.5, 0.6) is 0 Å². The van der Waals surface area contributed by atoms with E-state index in [4.69, 9.17) is 0 Å². The van der Waals surface area contributed by atoms with Gasteiger partial charge in [0, 0.05) is 0 Å². The third-order valence-electron chi connectivity index (χ3n) is 2.27. The van der Waals surface area contributed by atoms with Crippen LogP contribution in [0.4, 0.5) is 0 Å². The Morgan fingerprint density at radius 1 is 0.615 bits per heavy atom. The van der Waals surface area contributed by atoms with Gasteiger partial charge in [-0.05, 0) is 0 Å². The monoisotopic (exact) mass is 251 g/mol. The Labute approximate surface area is 83.9 Å². The van der Waals surface area contributed by atoms with Crippen molar-refractivity contribution in [2.24, 2.45) is 0 Å². The molecule has 0 amide bonds. The molecule has 13 heavy (non-hydrogen) atoms. The Hall–Kier alpha value is -0.872. The van der Waals surface area contributed by atoms with E-state index < -0.39 is 17.3 Å². The van der Waals surface area contributed by atoms with Crippen molar-refractivity contribution < 1.29 is 17.3 Å². The Bertz CT molecular complexity index is 361. The van der Waals surface area contributed by atoms with E-state index in [1.807, 2.05) is 0 Å². The van der Waals surface area contributed by atoms with Crippen molar-refractivity contribution in [1.29, 1.82) is 0 Å². The van der Waals surface area contributed by atoms with E-state index in [0.29, 0.717) is 0 Å². The Morgan fingerprint density at radius 3 is 1.08 bits per heavy atom. The Morgan fingerprint density at radius 2 is 0.923 bits per heavy atom. The van der Waals surface area contributed by atoms with Crippen molar-refractivity contribution in [2.45, 2.75) is 0 Å². The number of rotatable bonds is 3. The van der Waals surface area contributed by atoms with Crippen molar-refractivity contribution in [1.82, 2.24) is 0 Å². The van der Waals surface area contributed by atoms with Gasteiger partial charge in [-0.1, -0.05) is 0 Å². The fourth-order valence-corrected chi connectivity index (χ4v) is 6.51. The zero-order chi connectivity index (χ0) is 8.67. The van der Waals surface area contributed by atoms with Gasteiger partial charge in [0.05, 0.1) is 0 Å². The normalized spacial score (nSPS) is 21.5. The van der Waals surface area contributed by atoms with Crippen LogP contribution in [0.15, 0.2) is 66.6 Å². The van der Waals surface area contributed by atoms with Gasteiger partial charge >= 0.3 is 83.9 Å². The first kappa shape index (κ1) is 7.52. The molecule has 0 N–H and O–H groups in total. The molecule has 63 valence electrons. The van der Waals surface area contributed by atoms with Gasteiger partial charge in [0.1, 0.15) is 0 Å². The van der Waals surface area contributed by atoms with Gasteiger partial charge in [0.2, 0.25) is 0 Å². The van der Waals surface area contributed by atoms with E-state index in [2.05, 4.69) is 54.7 Å². The molecule has 0 spiro atoms. The summed E-state index contributed by atoms with van der Waals surface area (Å²) in [6, 6.07) is 0. The summed E-state index contributed by atoms with van der Waals surface area (Å²) in [7, 11) is 0. The molecule has 0 saturated heterocycles. The first-order chi connectivity index (χ1) is 6.45. The molecule has 0 aromatic heterocycles. The predicted molar refractivity (Wildman–Crippen MR) is 51.7 cm³/mol. The molecule has 0 bridgehead atoms. The van der Waals surface area contributed by atoms with Crippen LogP contribution in [-0.4, -0.2) is 0 Å². The molecule has 1 heteroatoms. The summed E-state index contributed by atoms with van der Waals surface area (Å²) < 4.78 is 4.82. The molecule has 0 atom stereocenters. The van der Waals surface area contributed by atoms with Gasteiger partial charge in [-0.2, -0.15) is 0 Å². The molecule has 0 saturated carbocycles. The minimum absolute atomic E-state index is 1.26. The zero-order valence-electron chi connectivity index (χ0n) is 7.10. The quantitative estimate of drug-likeness (QED) is 0.674. The summed E-state index contributed by atoms with van der Waals surface area (Å²) in [5.41, 5.74) is 0. The molecule has 0 unspecified atom stereocenters. The first-order valence-corrected chi connectivity index (χ1v) is 7.35. The van der Waals surface area contributed by atoms with Crippen LogP contribution in [0.3, 0.4) is 0 Å².